The van der Waals surface area contributed by atoms with E-state index in [1.165, 1.54) is 17.3 Å². The average molecular weight is 358 g/mol. The molecule has 0 saturated carbocycles. The number of thiazole rings is 1. The summed E-state index contributed by atoms with van der Waals surface area (Å²) >= 11 is 3.11. The Morgan fingerprint density at radius 1 is 1.21 bits per heavy atom. The van der Waals surface area contributed by atoms with Crippen molar-refractivity contribution in [2.45, 2.75) is 10.8 Å². The molecule has 2 aromatic carbocycles. The summed E-state index contributed by atoms with van der Waals surface area (Å²) in [5, 5.41) is 2.95. The second kappa shape index (κ2) is 8.17. The molecular formula is C18H18N2O2S2. The summed E-state index contributed by atoms with van der Waals surface area (Å²) in [4.78, 5) is 16.5. The Hall–Kier alpha value is -2.05. The molecule has 0 bridgehead atoms. The summed E-state index contributed by atoms with van der Waals surface area (Å²) in [6, 6.07) is 15.9. The van der Waals surface area contributed by atoms with Gasteiger partial charge in [-0.1, -0.05) is 36.0 Å². The smallest absolute Gasteiger partial charge is 0.230 e. The molecule has 0 radical (unpaired) electrons. The van der Waals surface area contributed by atoms with Gasteiger partial charge >= 0.3 is 0 Å². The van der Waals surface area contributed by atoms with E-state index in [1.807, 2.05) is 48.5 Å². The molecule has 24 heavy (non-hydrogen) atoms. The number of amides is 1. The Morgan fingerprint density at radius 2 is 2.00 bits per heavy atom. The second-order valence-corrected chi connectivity index (χ2v) is 7.44. The molecule has 1 aromatic heterocycles. The number of ether oxygens (including phenoxy) is 1. The first-order valence-electron chi connectivity index (χ1n) is 7.62. The van der Waals surface area contributed by atoms with Gasteiger partial charge in [-0.3, -0.25) is 4.79 Å². The van der Waals surface area contributed by atoms with Crippen LogP contribution in [-0.2, 0) is 11.2 Å². The number of methoxy groups -OCH3 is 1. The number of para-hydroxylation sites is 1. The lowest BCUT2D eigenvalue weighted by Crippen LogP contribution is -2.27. The normalized spacial score (nSPS) is 10.7. The third-order valence-electron chi connectivity index (χ3n) is 3.50. The van der Waals surface area contributed by atoms with Gasteiger partial charge in [0.1, 0.15) is 5.75 Å². The Morgan fingerprint density at radius 3 is 2.75 bits per heavy atom. The molecule has 4 nitrogen and oxygen atoms in total. The third-order valence-corrected chi connectivity index (χ3v) is 5.68. The van der Waals surface area contributed by atoms with Crippen molar-refractivity contribution in [1.82, 2.24) is 10.3 Å². The summed E-state index contributed by atoms with van der Waals surface area (Å²) in [5.41, 5.74) is 2.17. The van der Waals surface area contributed by atoms with Crippen molar-refractivity contribution >= 4 is 39.2 Å². The van der Waals surface area contributed by atoms with Crippen LogP contribution in [-0.4, -0.2) is 30.3 Å². The quantitative estimate of drug-likeness (QED) is 0.654. The number of carbonyl (C=O) groups is 1. The standard InChI is InChI=1S/C18H18N2O2S2/c1-22-14-8-6-13(7-9-14)10-11-19-17(21)12-23-18-20-15-4-2-3-5-16(15)24-18/h2-9H,10-12H2,1H3,(H,19,21). The zero-order chi connectivity index (χ0) is 16.8. The molecule has 3 rings (SSSR count). The van der Waals surface area contributed by atoms with Crippen LogP contribution in [0.5, 0.6) is 5.75 Å². The molecule has 124 valence electrons. The van der Waals surface area contributed by atoms with Gasteiger partial charge in [0.25, 0.3) is 0 Å². The molecule has 0 fully saturated rings. The highest BCUT2D eigenvalue weighted by atomic mass is 32.2. The van der Waals surface area contributed by atoms with Crippen LogP contribution < -0.4 is 10.1 Å². The van der Waals surface area contributed by atoms with Gasteiger partial charge < -0.3 is 10.1 Å². The van der Waals surface area contributed by atoms with E-state index in [-0.39, 0.29) is 5.91 Å². The van der Waals surface area contributed by atoms with Gasteiger partial charge in [-0.15, -0.1) is 11.3 Å². The number of rotatable bonds is 7. The van der Waals surface area contributed by atoms with E-state index < -0.39 is 0 Å². The molecule has 1 heterocycles. The van der Waals surface area contributed by atoms with E-state index >= 15 is 0 Å². The lowest BCUT2D eigenvalue weighted by Gasteiger charge is -2.05. The van der Waals surface area contributed by atoms with Crippen LogP contribution in [0.15, 0.2) is 52.9 Å². The number of carbonyl (C=O) groups excluding carboxylic acids is 1. The summed E-state index contributed by atoms with van der Waals surface area (Å²) < 4.78 is 7.21. The van der Waals surface area contributed by atoms with Crippen molar-refractivity contribution < 1.29 is 9.53 Å². The number of hydrogen-bond donors (Lipinski definition) is 1. The van der Waals surface area contributed by atoms with Crippen molar-refractivity contribution in [1.29, 1.82) is 0 Å². The van der Waals surface area contributed by atoms with Crippen LogP contribution >= 0.6 is 23.1 Å². The summed E-state index contributed by atoms with van der Waals surface area (Å²) in [7, 11) is 1.65. The van der Waals surface area contributed by atoms with Crippen molar-refractivity contribution in [3.8, 4) is 5.75 Å². The minimum Gasteiger partial charge on any atom is -0.497 e. The Bertz CT molecular complexity index is 782. The van der Waals surface area contributed by atoms with E-state index in [0.29, 0.717) is 12.3 Å². The summed E-state index contributed by atoms with van der Waals surface area (Å²) in [6.45, 7) is 0.631. The SMILES string of the molecule is COc1ccc(CCNC(=O)CSc2nc3ccccc3s2)cc1. The molecule has 0 saturated heterocycles. The molecule has 0 spiro atoms. The minimum absolute atomic E-state index is 0.0350. The monoisotopic (exact) mass is 358 g/mol. The number of nitrogens with one attached hydrogen (secondary N) is 1. The number of benzene rings is 2. The molecule has 0 atom stereocenters. The maximum absolute atomic E-state index is 11.9. The van der Waals surface area contributed by atoms with Gasteiger partial charge in [0.15, 0.2) is 4.34 Å². The lowest BCUT2D eigenvalue weighted by molar-refractivity contribution is -0.118. The molecule has 1 N–H and O–H groups in total. The fourth-order valence-corrected chi connectivity index (χ4v) is 4.13. The first-order chi connectivity index (χ1) is 11.7. The zero-order valence-corrected chi connectivity index (χ0v) is 15.0. The Balaban J connectivity index is 1.42. The highest BCUT2D eigenvalue weighted by Crippen LogP contribution is 2.28. The van der Waals surface area contributed by atoms with Crippen molar-refractivity contribution in [3.63, 3.8) is 0 Å². The van der Waals surface area contributed by atoms with Crippen LogP contribution in [0.25, 0.3) is 10.2 Å². The second-order valence-electron chi connectivity index (χ2n) is 5.18. The maximum Gasteiger partial charge on any atom is 0.230 e. The number of thioether (sulfide) groups is 1. The first kappa shape index (κ1) is 16.8. The zero-order valence-electron chi connectivity index (χ0n) is 13.3. The van der Waals surface area contributed by atoms with Crippen molar-refractivity contribution in [3.05, 3.63) is 54.1 Å². The number of fused-ring (bicyclic) bond motifs is 1. The number of aromatic nitrogens is 1. The predicted octanol–water partition coefficient (Wildman–Crippen LogP) is 3.76. The number of nitrogens with zero attached hydrogens (tertiary/aromatic N) is 1. The largest absolute Gasteiger partial charge is 0.497 e. The Kier molecular flexibility index (Phi) is 5.72. The highest BCUT2D eigenvalue weighted by molar-refractivity contribution is 8.01. The van der Waals surface area contributed by atoms with Crippen LogP contribution in [0, 0.1) is 0 Å². The van der Waals surface area contributed by atoms with Crippen LogP contribution in [0.3, 0.4) is 0 Å². The van der Waals surface area contributed by atoms with Crippen molar-refractivity contribution in [2.75, 3.05) is 19.4 Å². The van der Waals surface area contributed by atoms with Crippen LogP contribution in [0.1, 0.15) is 5.56 Å². The topological polar surface area (TPSA) is 51.2 Å². The fourth-order valence-electron chi connectivity index (χ4n) is 2.23. The highest BCUT2D eigenvalue weighted by Gasteiger charge is 2.07. The van der Waals surface area contributed by atoms with Gasteiger partial charge in [-0.2, -0.15) is 0 Å². The number of hydrogen-bond acceptors (Lipinski definition) is 5. The molecule has 6 heteroatoms. The van der Waals surface area contributed by atoms with Crippen LogP contribution in [0.4, 0.5) is 0 Å². The van der Waals surface area contributed by atoms with Gasteiger partial charge in [-0.05, 0) is 36.2 Å². The molecular weight excluding hydrogens is 340 g/mol. The van der Waals surface area contributed by atoms with Gasteiger partial charge in [0, 0.05) is 6.54 Å². The molecule has 0 aliphatic heterocycles. The van der Waals surface area contributed by atoms with Crippen molar-refractivity contribution in [2.24, 2.45) is 0 Å². The third kappa shape index (κ3) is 4.49. The Labute approximate surface area is 149 Å². The van der Waals surface area contributed by atoms with E-state index in [1.54, 1.807) is 18.4 Å². The van der Waals surface area contributed by atoms with Gasteiger partial charge in [0.05, 0.1) is 23.1 Å². The van der Waals surface area contributed by atoms with E-state index in [4.69, 9.17) is 4.74 Å². The predicted molar refractivity (Wildman–Crippen MR) is 100 cm³/mol. The molecule has 0 aliphatic carbocycles. The molecule has 3 aromatic rings. The van der Waals surface area contributed by atoms with Crippen LogP contribution in [0.2, 0.25) is 0 Å². The first-order valence-corrected chi connectivity index (χ1v) is 9.43. The molecule has 0 unspecified atom stereocenters. The maximum atomic E-state index is 11.9. The molecule has 0 aliphatic rings. The molecule has 1 amide bonds. The van der Waals surface area contributed by atoms with E-state index in [9.17, 15) is 4.79 Å². The summed E-state index contributed by atoms with van der Waals surface area (Å²) in [6.07, 6.45) is 0.807. The fraction of sp³-hybridized carbons (Fsp3) is 0.222. The minimum atomic E-state index is 0.0350. The van der Waals surface area contributed by atoms with Gasteiger partial charge in [0.2, 0.25) is 5.91 Å². The van der Waals surface area contributed by atoms with E-state index in [0.717, 1.165) is 26.7 Å². The van der Waals surface area contributed by atoms with E-state index in [2.05, 4.69) is 10.3 Å². The average Bonchev–Trinajstić information content (AvgIpc) is 3.03. The lowest BCUT2D eigenvalue weighted by atomic mass is 10.1. The van der Waals surface area contributed by atoms with Gasteiger partial charge in [-0.25, -0.2) is 4.98 Å². The summed E-state index contributed by atoms with van der Waals surface area (Å²) in [5.74, 6) is 1.27.